The van der Waals surface area contributed by atoms with E-state index in [9.17, 15) is 9.59 Å². The van der Waals surface area contributed by atoms with Gasteiger partial charge in [-0.3, -0.25) is 9.59 Å². The van der Waals surface area contributed by atoms with Gasteiger partial charge in [0.15, 0.2) is 5.78 Å². The molecule has 3 nitrogen and oxygen atoms in total. The van der Waals surface area contributed by atoms with Gasteiger partial charge in [0.25, 0.3) is 0 Å². The largest absolute Gasteiger partial charge is 0.326 e. The smallest absolute Gasteiger partial charge is 0.224 e. The number of rotatable bonds is 2. The molecule has 20 heavy (non-hydrogen) atoms. The highest BCUT2D eigenvalue weighted by atomic mass is 16.1. The second-order valence-corrected chi connectivity index (χ2v) is 5.97. The zero-order chi connectivity index (χ0) is 13.9. The van der Waals surface area contributed by atoms with Gasteiger partial charge in [0.1, 0.15) is 0 Å². The van der Waals surface area contributed by atoms with Crippen molar-refractivity contribution >= 4 is 17.4 Å². The molecule has 1 aliphatic heterocycles. The molecular weight excluding hydrogens is 250 g/mol. The number of anilines is 1. The van der Waals surface area contributed by atoms with Gasteiger partial charge in [-0.15, -0.1) is 0 Å². The lowest BCUT2D eigenvalue weighted by Crippen LogP contribution is -2.20. The van der Waals surface area contributed by atoms with Crippen molar-refractivity contribution in [3.05, 3.63) is 29.3 Å². The second kappa shape index (κ2) is 5.78. The van der Waals surface area contributed by atoms with Crippen LogP contribution in [0.4, 0.5) is 5.69 Å². The van der Waals surface area contributed by atoms with Crippen LogP contribution >= 0.6 is 0 Å². The zero-order valence-corrected chi connectivity index (χ0v) is 11.8. The average Bonchev–Trinajstić information content (AvgIpc) is 2.75. The van der Waals surface area contributed by atoms with E-state index in [1.165, 1.54) is 25.7 Å². The normalized spacial score (nSPS) is 19.9. The first-order valence-corrected chi connectivity index (χ1v) is 7.71. The lowest BCUT2D eigenvalue weighted by atomic mass is 9.89. The monoisotopic (exact) mass is 271 g/mol. The summed E-state index contributed by atoms with van der Waals surface area (Å²) in [6, 6.07) is 5.75. The van der Waals surface area contributed by atoms with Crippen LogP contribution in [0.15, 0.2) is 18.2 Å². The highest BCUT2D eigenvalue weighted by Crippen LogP contribution is 2.29. The number of fused-ring (bicyclic) bond motifs is 1. The number of carbonyl (C=O) groups is 2. The number of Topliss-reactive ketones (excluding diaryl/α,β-unsaturated/α-hetero) is 1. The fraction of sp³-hybridized carbons (Fsp3) is 0.529. The van der Waals surface area contributed by atoms with Gasteiger partial charge in [-0.25, -0.2) is 0 Å². The summed E-state index contributed by atoms with van der Waals surface area (Å²) in [5, 5.41) is 2.87. The van der Waals surface area contributed by atoms with Crippen LogP contribution in [-0.4, -0.2) is 11.7 Å². The number of amides is 1. The fourth-order valence-corrected chi connectivity index (χ4v) is 3.31. The molecule has 1 aliphatic carbocycles. The van der Waals surface area contributed by atoms with E-state index in [1.807, 2.05) is 18.2 Å². The first-order chi connectivity index (χ1) is 9.74. The quantitative estimate of drug-likeness (QED) is 0.658. The molecule has 1 amide bonds. The van der Waals surface area contributed by atoms with Gasteiger partial charge in [0.05, 0.1) is 0 Å². The molecular formula is C17H21NO2. The predicted molar refractivity (Wildman–Crippen MR) is 78.9 cm³/mol. The number of benzene rings is 1. The number of ketones is 1. The lowest BCUT2D eigenvalue weighted by Gasteiger charge is -2.19. The van der Waals surface area contributed by atoms with Gasteiger partial charge in [0.2, 0.25) is 5.91 Å². The molecule has 1 N–H and O–H groups in total. The van der Waals surface area contributed by atoms with E-state index in [0.29, 0.717) is 12.2 Å². The van der Waals surface area contributed by atoms with Crippen molar-refractivity contribution in [3.63, 3.8) is 0 Å². The molecule has 1 saturated carbocycles. The van der Waals surface area contributed by atoms with E-state index in [4.69, 9.17) is 0 Å². The minimum Gasteiger partial charge on any atom is -0.326 e. The summed E-state index contributed by atoms with van der Waals surface area (Å²) >= 11 is 0. The maximum absolute atomic E-state index is 12.6. The molecule has 0 spiro atoms. The summed E-state index contributed by atoms with van der Waals surface area (Å²) in [4.78, 5) is 24.0. The Balaban J connectivity index is 1.79. The number of carbonyl (C=O) groups excluding carboxylic acids is 2. The molecule has 0 unspecified atom stereocenters. The molecule has 1 aromatic rings. The Kier molecular flexibility index (Phi) is 3.86. The number of aryl methyl sites for hydroxylation is 1. The average molecular weight is 271 g/mol. The first-order valence-electron chi connectivity index (χ1n) is 7.71. The summed E-state index contributed by atoms with van der Waals surface area (Å²) in [7, 11) is 0. The van der Waals surface area contributed by atoms with Crippen molar-refractivity contribution in [2.24, 2.45) is 5.92 Å². The molecule has 3 heteroatoms. The highest BCUT2D eigenvalue weighted by Gasteiger charge is 2.23. The lowest BCUT2D eigenvalue weighted by molar-refractivity contribution is -0.116. The molecule has 0 aromatic heterocycles. The first kappa shape index (κ1) is 13.3. The van der Waals surface area contributed by atoms with Crippen molar-refractivity contribution in [1.29, 1.82) is 0 Å². The summed E-state index contributed by atoms with van der Waals surface area (Å²) in [6.07, 6.45) is 8.22. The Labute approximate surface area is 119 Å². The van der Waals surface area contributed by atoms with E-state index in [-0.39, 0.29) is 11.8 Å². The highest BCUT2D eigenvalue weighted by molar-refractivity contribution is 6.00. The number of nitrogens with one attached hydrogen (secondary N) is 1. The Morgan fingerprint density at radius 1 is 1.05 bits per heavy atom. The molecule has 0 radical (unpaired) electrons. The summed E-state index contributed by atoms with van der Waals surface area (Å²) < 4.78 is 0. The van der Waals surface area contributed by atoms with Gasteiger partial charge in [-0.05, 0) is 43.0 Å². The number of hydrogen-bond acceptors (Lipinski definition) is 2. The Bertz CT molecular complexity index is 528. The molecule has 1 aromatic carbocycles. The van der Waals surface area contributed by atoms with Gasteiger partial charge in [0, 0.05) is 23.6 Å². The maximum Gasteiger partial charge on any atom is 0.224 e. The third kappa shape index (κ3) is 2.77. The van der Waals surface area contributed by atoms with Crippen LogP contribution in [0.2, 0.25) is 0 Å². The van der Waals surface area contributed by atoms with E-state index in [2.05, 4.69) is 5.32 Å². The van der Waals surface area contributed by atoms with Crippen LogP contribution in [0.1, 0.15) is 60.9 Å². The Hall–Kier alpha value is -1.64. The van der Waals surface area contributed by atoms with Crippen molar-refractivity contribution in [2.45, 2.75) is 51.4 Å². The summed E-state index contributed by atoms with van der Waals surface area (Å²) in [6.45, 7) is 0. The molecule has 0 atom stereocenters. The van der Waals surface area contributed by atoms with Crippen molar-refractivity contribution in [1.82, 2.24) is 0 Å². The molecule has 2 aliphatic rings. The Morgan fingerprint density at radius 2 is 1.80 bits per heavy atom. The minimum atomic E-state index is 0.0698. The van der Waals surface area contributed by atoms with E-state index >= 15 is 0 Å². The zero-order valence-electron chi connectivity index (χ0n) is 11.8. The summed E-state index contributed by atoms with van der Waals surface area (Å²) in [5.74, 6) is 0.570. The van der Waals surface area contributed by atoms with E-state index < -0.39 is 0 Å². The van der Waals surface area contributed by atoms with Gasteiger partial charge in [-0.2, -0.15) is 0 Å². The standard InChI is InChI=1S/C17H21NO2/c19-16-10-8-13-11-14(7-9-15(13)18-16)17(20)12-5-3-1-2-4-6-12/h7,9,11-12H,1-6,8,10H2,(H,18,19). The predicted octanol–water partition coefficient (Wildman–Crippen LogP) is 3.72. The fourth-order valence-electron chi connectivity index (χ4n) is 3.31. The van der Waals surface area contributed by atoms with Crippen LogP contribution in [0.25, 0.3) is 0 Å². The molecule has 106 valence electrons. The molecule has 0 bridgehead atoms. The minimum absolute atomic E-state index is 0.0698. The van der Waals surface area contributed by atoms with Crippen LogP contribution in [0, 0.1) is 5.92 Å². The molecule has 1 heterocycles. The van der Waals surface area contributed by atoms with Gasteiger partial charge >= 0.3 is 0 Å². The third-order valence-corrected chi connectivity index (χ3v) is 4.51. The SMILES string of the molecule is O=C1CCc2cc(C(=O)C3CCCCCC3)ccc2N1. The van der Waals surface area contributed by atoms with E-state index in [0.717, 1.165) is 36.1 Å². The van der Waals surface area contributed by atoms with Crippen LogP contribution in [0.5, 0.6) is 0 Å². The molecule has 3 rings (SSSR count). The number of hydrogen-bond donors (Lipinski definition) is 1. The summed E-state index contributed by atoms with van der Waals surface area (Å²) in [5.41, 5.74) is 2.80. The van der Waals surface area contributed by atoms with Crippen LogP contribution in [-0.2, 0) is 11.2 Å². The molecule has 0 saturated heterocycles. The Morgan fingerprint density at radius 3 is 2.55 bits per heavy atom. The van der Waals surface area contributed by atoms with Crippen molar-refractivity contribution < 1.29 is 9.59 Å². The maximum atomic E-state index is 12.6. The van der Waals surface area contributed by atoms with Gasteiger partial charge < -0.3 is 5.32 Å². The second-order valence-electron chi connectivity index (χ2n) is 5.97. The van der Waals surface area contributed by atoms with Crippen molar-refractivity contribution in [2.75, 3.05) is 5.32 Å². The van der Waals surface area contributed by atoms with Crippen LogP contribution in [0.3, 0.4) is 0 Å². The molecule has 1 fully saturated rings. The van der Waals surface area contributed by atoms with Crippen LogP contribution < -0.4 is 5.32 Å². The van der Waals surface area contributed by atoms with Crippen molar-refractivity contribution in [3.8, 4) is 0 Å². The van der Waals surface area contributed by atoms with E-state index in [1.54, 1.807) is 0 Å². The van der Waals surface area contributed by atoms with Gasteiger partial charge in [-0.1, -0.05) is 25.7 Å². The topological polar surface area (TPSA) is 46.2 Å². The third-order valence-electron chi connectivity index (χ3n) is 4.51.